The van der Waals surface area contributed by atoms with E-state index >= 15 is 0 Å². The van der Waals surface area contributed by atoms with Gasteiger partial charge in [-0.2, -0.15) is 9.65 Å². The second-order valence-electron chi connectivity index (χ2n) is 1.61. The maximum Gasteiger partial charge on any atom is 0.248 e. The summed E-state index contributed by atoms with van der Waals surface area (Å²) in [5.41, 5.74) is 0.0129. The van der Waals surface area contributed by atoms with E-state index < -0.39 is 11.8 Å². The van der Waals surface area contributed by atoms with Crippen LogP contribution in [0.25, 0.3) is 0 Å². The molecule has 0 saturated carbocycles. The lowest BCUT2D eigenvalue weighted by atomic mass is 10.3. The van der Waals surface area contributed by atoms with E-state index in [4.69, 9.17) is 5.26 Å². The van der Waals surface area contributed by atoms with E-state index in [2.05, 4.69) is 4.98 Å². The summed E-state index contributed by atoms with van der Waals surface area (Å²) in [6.07, 6.45) is 0.971. The monoisotopic (exact) mass is 140 g/mol. The summed E-state index contributed by atoms with van der Waals surface area (Å²) in [6.45, 7) is 0. The molecule has 0 aromatic carbocycles. The third-order valence-electron chi connectivity index (χ3n) is 0.925. The van der Waals surface area contributed by atoms with Gasteiger partial charge in [-0.25, -0.2) is 9.37 Å². The summed E-state index contributed by atoms with van der Waals surface area (Å²) in [6, 6.07) is 2.42. The summed E-state index contributed by atoms with van der Waals surface area (Å²) >= 11 is 0. The van der Waals surface area contributed by atoms with Gasteiger partial charge in [0, 0.05) is 6.20 Å². The molecule has 0 amide bonds. The maximum atomic E-state index is 12.2. The molecule has 0 N–H and O–H groups in total. The van der Waals surface area contributed by atoms with E-state index in [0.717, 1.165) is 12.3 Å². The van der Waals surface area contributed by atoms with E-state index in [1.807, 2.05) is 0 Å². The van der Waals surface area contributed by atoms with E-state index in [9.17, 15) is 8.78 Å². The van der Waals surface area contributed by atoms with E-state index in [1.165, 1.54) is 0 Å². The van der Waals surface area contributed by atoms with Gasteiger partial charge in [-0.1, -0.05) is 0 Å². The third kappa shape index (κ3) is 1.08. The van der Waals surface area contributed by atoms with E-state index in [-0.39, 0.29) is 5.56 Å². The van der Waals surface area contributed by atoms with Crippen LogP contribution in [-0.4, -0.2) is 4.98 Å². The van der Waals surface area contributed by atoms with Crippen LogP contribution in [0.3, 0.4) is 0 Å². The van der Waals surface area contributed by atoms with Crippen LogP contribution in [0, 0.1) is 23.1 Å². The Morgan fingerprint density at radius 2 is 2.20 bits per heavy atom. The molecular formula is C6H2F2N2. The summed E-state index contributed by atoms with van der Waals surface area (Å²) in [5, 5.41) is 8.17. The van der Waals surface area contributed by atoms with Gasteiger partial charge in [0.2, 0.25) is 5.95 Å². The van der Waals surface area contributed by atoms with Crippen molar-refractivity contribution >= 4 is 0 Å². The third-order valence-corrected chi connectivity index (χ3v) is 0.925. The van der Waals surface area contributed by atoms with Crippen molar-refractivity contribution in [3.63, 3.8) is 0 Å². The minimum Gasteiger partial charge on any atom is -0.224 e. The molecule has 0 saturated heterocycles. The van der Waals surface area contributed by atoms with Crippen LogP contribution in [0.4, 0.5) is 8.78 Å². The Morgan fingerprint density at radius 3 is 2.70 bits per heavy atom. The zero-order valence-electron chi connectivity index (χ0n) is 4.81. The second-order valence-corrected chi connectivity index (χ2v) is 1.61. The number of halogens is 2. The van der Waals surface area contributed by atoms with Crippen molar-refractivity contribution in [1.29, 1.82) is 5.26 Å². The van der Waals surface area contributed by atoms with Gasteiger partial charge in [0.15, 0.2) is 5.82 Å². The van der Waals surface area contributed by atoms with Gasteiger partial charge in [-0.15, -0.1) is 0 Å². The van der Waals surface area contributed by atoms with Gasteiger partial charge in [0.05, 0.1) is 5.56 Å². The molecule has 2 nitrogen and oxygen atoms in total. The molecule has 0 fully saturated rings. The van der Waals surface area contributed by atoms with Crippen molar-refractivity contribution in [2.75, 3.05) is 0 Å². The summed E-state index contributed by atoms with van der Waals surface area (Å²) < 4.78 is 24.2. The Balaban J connectivity index is 3.20. The van der Waals surface area contributed by atoms with Crippen molar-refractivity contribution in [1.82, 2.24) is 4.98 Å². The lowest BCUT2D eigenvalue weighted by Gasteiger charge is -1.88. The van der Waals surface area contributed by atoms with Gasteiger partial charge in [0.25, 0.3) is 0 Å². The van der Waals surface area contributed by atoms with Crippen LogP contribution in [0.5, 0.6) is 0 Å². The summed E-state index contributed by atoms with van der Waals surface area (Å²) in [7, 11) is 0. The molecule has 50 valence electrons. The minimum absolute atomic E-state index is 0.0129. The fraction of sp³-hybridized carbons (Fsp3) is 0. The Bertz CT molecular complexity index is 290. The topological polar surface area (TPSA) is 36.7 Å². The highest BCUT2D eigenvalue weighted by Gasteiger charge is 2.01. The van der Waals surface area contributed by atoms with Crippen LogP contribution in [0.2, 0.25) is 0 Å². The quantitative estimate of drug-likeness (QED) is 0.508. The zero-order chi connectivity index (χ0) is 7.56. The number of rotatable bonds is 0. The largest absolute Gasteiger partial charge is 0.248 e. The highest BCUT2D eigenvalue weighted by atomic mass is 19.2. The second kappa shape index (κ2) is 2.40. The Labute approximate surface area is 55.7 Å². The Hall–Kier alpha value is -1.50. The Morgan fingerprint density at radius 1 is 1.50 bits per heavy atom. The molecular weight excluding hydrogens is 138 g/mol. The number of pyridine rings is 1. The molecule has 10 heavy (non-hydrogen) atoms. The van der Waals surface area contributed by atoms with E-state index in [0.29, 0.717) is 0 Å². The molecule has 0 spiro atoms. The normalized spacial score (nSPS) is 8.90. The van der Waals surface area contributed by atoms with Crippen molar-refractivity contribution in [3.8, 4) is 6.07 Å². The van der Waals surface area contributed by atoms with Crippen molar-refractivity contribution in [2.24, 2.45) is 0 Å². The lowest BCUT2D eigenvalue weighted by Crippen LogP contribution is -1.89. The summed E-state index contributed by atoms with van der Waals surface area (Å²) in [5.74, 6) is -2.28. The first-order chi connectivity index (χ1) is 4.74. The van der Waals surface area contributed by atoms with Crippen LogP contribution >= 0.6 is 0 Å². The molecule has 4 heteroatoms. The zero-order valence-corrected chi connectivity index (χ0v) is 4.81. The van der Waals surface area contributed by atoms with Gasteiger partial charge in [0.1, 0.15) is 6.07 Å². The van der Waals surface area contributed by atoms with Gasteiger partial charge >= 0.3 is 0 Å². The molecule has 0 atom stereocenters. The Kier molecular flexibility index (Phi) is 1.59. The molecule has 0 aliphatic heterocycles. The van der Waals surface area contributed by atoms with Gasteiger partial charge in [-0.05, 0) is 6.07 Å². The first-order valence-electron chi connectivity index (χ1n) is 2.45. The number of nitrogens with zero attached hydrogens (tertiary/aromatic N) is 2. The standard InChI is InChI=1S/C6H2F2N2/c7-5-1-4(2-9)3-10-6(5)8/h1,3H. The van der Waals surface area contributed by atoms with Crippen LogP contribution in [0.1, 0.15) is 5.56 Å². The molecule has 0 aliphatic rings. The molecule has 0 aliphatic carbocycles. The first-order valence-corrected chi connectivity index (χ1v) is 2.45. The average molecular weight is 140 g/mol. The predicted octanol–water partition coefficient (Wildman–Crippen LogP) is 1.23. The van der Waals surface area contributed by atoms with Crippen molar-refractivity contribution in [2.45, 2.75) is 0 Å². The summed E-state index contributed by atoms with van der Waals surface area (Å²) in [4.78, 5) is 2.99. The number of hydrogen-bond acceptors (Lipinski definition) is 2. The fourth-order valence-electron chi connectivity index (χ4n) is 0.482. The molecule has 1 aromatic heterocycles. The highest BCUT2D eigenvalue weighted by molar-refractivity contribution is 5.25. The van der Waals surface area contributed by atoms with Gasteiger partial charge < -0.3 is 0 Å². The molecule has 0 bridgehead atoms. The number of hydrogen-bond donors (Lipinski definition) is 0. The average Bonchev–Trinajstić information content (AvgIpc) is 1.95. The van der Waals surface area contributed by atoms with Gasteiger partial charge in [-0.3, -0.25) is 0 Å². The van der Waals surface area contributed by atoms with Crippen LogP contribution < -0.4 is 0 Å². The first kappa shape index (κ1) is 6.62. The van der Waals surface area contributed by atoms with Crippen LogP contribution in [0.15, 0.2) is 12.3 Å². The smallest absolute Gasteiger partial charge is 0.224 e. The number of nitriles is 1. The van der Waals surface area contributed by atoms with E-state index in [1.54, 1.807) is 6.07 Å². The fourth-order valence-corrected chi connectivity index (χ4v) is 0.482. The minimum atomic E-state index is -1.18. The SMILES string of the molecule is N#Cc1cnc(F)c(F)c1. The molecule has 1 rings (SSSR count). The van der Waals surface area contributed by atoms with Crippen LogP contribution in [-0.2, 0) is 0 Å². The predicted molar refractivity (Wildman–Crippen MR) is 28.9 cm³/mol. The van der Waals surface area contributed by atoms with Crippen molar-refractivity contribution < 1.29 is 8.78 Å². The molecule has 0 unspecified atom stereocenters. The lowest BCUT2D eigenvalue weighted by molar-refractivity contribution is 0.479. The number of aromatic nitrogens is 1. The molecule has 0 radical (unpaired) electrons. The van der Waals surface area contributed by atoms with Crippen molar-refractivity contribution in [3.05, 3.63) is 29.6 Å². The molecule has 1 heterocycles. The maximum absolute atomic E-state index is 12.2. The molecule has 1 aromatic rings. The highest BCUT2D eigenvalue weighted by Crippen LogP contribution is 2.03.